The average molecular weight is 293 g/mol. The fourth-order valence-corrected chi connectivity index (χ4v) is 2.95. The monoisotopic (exact) mass is 293 g/mol. The predicted octanol–water partition coefficient (Wildman–Crippen LogP) is 3.19. The van der Waals surface area contributed by atoms with Crippen molar-refractivity contribution in [3.8, 4) is 0 Å². The Balaban J connectivity index is 2.25. The lowest BCUT2D eigenvalue weighted by molar-refractivity contribution is 0.195. The number of halogens is 1. The van der Waals surface area contributed by atoms with Gasteiger partial charge in [-0.1, -0.05) is 25.1 Å². The number of rotatable bonds is 6. The van der Waals surface area contributed by atoms with Crippen LogP contribution in [0, 0.1) is 5.82 Å². The second-order valence-corrected chi connectivity index (χ2v) is 5.65. The molecule has 0 aliphatic heterocycles. The summed E-state index contributed by atoms with van der Waals surface area (Å²) in [6.07, 6.45) is 0.792. The van der Waals surface area contributed by atoms with Crippen LogP contribution in [0.2, 0.25) is 0 Å². The Kier molecular flexibility index (Phi) is 5.23. The van der Waals surface area contributed by atoms with Crippen LogP contribution >= 0.6 is 11.3 Å². The van der Waals surface area contributed by atoms with E-state index in [1.54, 1.807) is 22.9 Å². The van der Waals surface area contributed by atoms with Crippen molar-refractivity contribution in [2.45, 2.75) is 32.0 Å². The zero-order valence-corrected chi connectivity index (χ0v) is 12.6. The molecule has 0 bridgehead atoms. The number of likely N-dealkylation sites (N-methyl/N-ethyl adjacent to an activating group) is 1. The number of thiazole rings is 1. The van der Waals surface area contributed by atoms with E-state index in [0.29, 0.717) is 12.1 Å². The van der Waals surface area contributed by atoms with Gasteiger partial charge in [-0.2, -0.15) is 0 Å². The molecule has 2 aromatic rings. The highest BCUT2D eigenvalue weighted by Gasteiger charge is 2.25. The molecule has 1 heterocycles. The summed E-state index contributed by atoms with van der Waals surface area (Å²) in [7, 11) is 1.96. The summed E-state index contributed by atoms with van der Waals surface area (Å²) < 4.78 is 14.1. The maximum Gasteiger partial charge on any atom is 0.128 e. The van der Waals surface area contributed by atoms with Crippen molar-refractivity contribution in [3.05, 3.63) is 52.2 Å². The Morgan fingerprint density at radius 3 is 2.75 bits per heavy atom. The van der Waals surface area contributed by atoms with E-state index in [4.69, 9.17) is 5.73 Å². The van der Waals surface area contributed by atoms with Crippen LogP contribution in [-0.2, 0) is 6.54 Å². The molecule has 1 aromatic carbocycles. The average Bonchev–Trinajstić information content (AvgIpc) is 2.93. The number of nitrogens with two attached hydrogens (primary N) is 1. The molecule has 3 nitrogen and oxygen atoms in total. The zero-order valence-electron chi connectivity index (χ0n) is 11.8. The van der Waals surface area contributed by atoms with E-state index >= 15 is 0 Å². The molecular weight excluding hydrogens is 273 g/mol. The Labute approximate surface area is 123 Å². The molecular formula is C15H20FN3S. The summed E-state index contributed by atoms with van der Waals surface area (Å²) >= 11 is 1.56. The molecule has 20 heavy (non-hydrogen) atoms. The fourth-order valence-electron chi connectivity index (χ4n) is 2.40. The van der Waals surface area contributed by atoms with Gasteiger partial charge >= 0.3 is 0 Å². The van der Waals surface area contributed by atoms with Gasteiger partial charge in [0.15, 0.2) is 0 Å². The van der Waals surface area contributed by atoms with Crippen LogP contribution in [0.5, 0.6) is 0 Å². The summed E-state index contributed by atoms with van der Waals surface area (Å²) in [5.74, 6) is -0.202. The van der Waals surface area contributed by atoms with Crippen LogP contribution < -0.4 is 5.73 Å². The van der Waals surface area contributed by atoms with Gasteiger partial charge in [0, 0.05) is 23.5 Å². The maximum atomic E-state index is 14.1. The van der Waals surface area contributed by atoms with Gasteiger partial charge in [-0.25, -0.2) is 9.37 Å². The maximum absolute atomic E-state index is 14.1. The Bertz CT molecular complexity index is 530. The van der Waals surface area contributed by atoms with Crippen LogP contribution in [0.1, 0.15) is 30.6 Å². The lowest BCUT2D eigenvalue weighted by Gasteiger charge is -2.32. The minimum atomic E-state index is -0.202. The molecule has 0 fully saturated rings. The SMILES string of the molecule is CCC(N)C(c1ccccc1F)N(C)Cc1cscn1. The number of hydrogen-bond acceptors (Lipinski definition) is 4. The van der Waals surface area contributed by atoms with E-state index in [-0.39, 0.29) is 17.9 Å². The molecule has 2 N–H and O–H groups in total. The summed E-state index contributed by atoms with van der Waals surface area (Å²) in [5.41, 5.74) is 9.67. The largest absolute Gasteiger partial charge is 0.326 e. The van der Waals surface area contributed by atoms with Gasteiger partial charge in [0.05, 0.1) is 17.2 Å². The van der Waals surface area contributed by atoms with Crippen LogP contribution in [-0.4, -0.2) is 23.0 Å². The van der Waals surface area contributed by atoms with Crippen LogP contribution in [0.4, 0.5) is 4.39 Å². The highest BCUT2D eigenvalue weighted by molar-refractivity contribution is 7.07. The van der Waals surface area contributed by atoms with Gasteiger partial charge in [0.2, 0.25) is 0 Å². The lowest BCUT2D eigenvalue weighted by atomic mass is 9.96. The third kappa shape index (κ3) is 3.42. The van der Waals surface area contributed by atoms with Crippen LogP contribution in [0.25, 0.3) is 0 Å². The van der Waals surface area contributed by atoms with E-state index in [2.05, 4.69) is 9.88 Å². The standard InChI is InChI=1S/C15H20FN3S/c1-3-14(17)15(12-6-4-5-7-13(12)16)19(2)8-11-9-20-10-18-11/h4-7,9-10,14-15H,3,8,17H2,1-2H3. The second-order valence-electron chi connectivity index (χ2n) is 4.93. The van der Waals surface area contributed by atoms with E-state index in [0.717, 1.165) is 12.1 Å². The minimum absolute atomic E-state index is 0.115. The molecule has 0 radical (unpaired) electrons. The second kappa shape index (κ2) is 6.92. The molecule has 0 amide bonds. The zero-order chi connectivity index (χ0) is 14.5. The van der Waals surface area contributed by atoms with Gasteiger partial charge in [-0.05, 0) is 19.5 Å². The van der Waals surface area contributed by atoms with Gasteiger partial charge < -0.3 is 5.73 Å². The molecule has 108 valence electrons. The number of aromatic nitrogens is 1. The van der Waals surface area contributed by atoms with E-state index in [9.17, 15) is 4.39 Å². The van der Waals surface area contributed by atoms with Crippen molar-refractivity contribution in [1.82, 2.24) is 9.88 Å². The first-order valence-corrected chi connectivity index (χ1v) is 7.65. The summed E-state index contributed by atoms with van der Waals surface area (Å²) in [5, 5.41) is 2.01. The van der Waals surface area contributed by atoms with E-state index in [1.807, 2.05) is 31.5 Å². The fraction of sp³-hybridized carbons (Fsp3) is 0.400. The van der Waals surface area contributed by atoms with Crippen LogP contribution in [0.3, 0.4) is 0 Å². The molecule has 2 rings (SSSR count). The molecule has 0 aliphatic rings. The topological polar surface area (TPSA) is 42.1 Å². The third-order valence-electron chi connectivity index (χ3n) is 3.47. The van der Waals surface area contributed by atoms with Crippen LogP contribution in [0.15, 0.2) is 35.2 Å². The first-order chi connectivity index (χ1) is 9.63. The summed E-state index contributed by atoms with van der Waals surface area (Å²) in [6.45, 7) is 2.69. The quantitative estimate of drug-likeness (QED) is 0.889. The molecule has 0 spiro atoms. The van der Waals surface area contributed by atoms with Gasteiger partial charge in [-0.15, -0.1) is 11.3 Å². The van der Waals surface area contributed by atoms with Crippen molar-refractivity contribution in [1.29, 1.82) is 0 Å². The molecule has 0 saturated heterocycles. The molecule has 1 aromatic heterocycles. The third-order valence-corrected chi connectivity index (χ3v) is 4.11. The Morgan fingerprint density at radius 1 is 1.40 bits per heavy atom. The van der Waals surface area contributed by atoms with Crippen molar-refractivity contribution in [2.24, 2.45) is 5.73 Å². The molecule has 5 heteroatoms. The normalized spacial score (nSPS) is 14.4. The van der Waals surface area contributed by atoms with Crippen molar-refractivity contribution < 1.29 is 4.39 Å². The number of hydrogen-bond donors (Lipinski definition) is 1. The first kappa shape index (κ1) is 15.1. The summed E-state index contributed by atoms with van der Waals surface area (Å²) in [6, 6.07) is 6.59. The van der Waals surface area contributed by atoms with Crippen molar-refractivity contribution >= 4 is 11.3 Å². The minimum Gasteiger partial charge on any atom is -0.326 e. The van der Waals surface area contributed by atoms with Gasteiger partial charge in [-0.3, -0.25) is 4.90 Å². The van der Waals surface area contributed by atoms with Gasteiger partial charge in [0.1, 0.15) is 5.82 Å². The Morgan fingerprint density at radius 2 is 2.15 bits per heavy atom. The lowest BCUT2D eigenvalue weighted by Crippen LogP contribution is -2.39. The summed E-state index contributed by atoms with van der Waals surface area (Å²) in [4.78, 5) is 6.35. The highest BCUT2D eigenvalue weighted by atomic mass is 32.1. The first-order valence-electron chi connectivity index (χ1n) is 6.70. The highest BCUT2D eigenvalue weighted by Crippen LogP contribution is 2.27. The van der Waals surface area contributed by atoms with Crippen molar-refractivity contribution in [2.75, 3.05) is 7.05 Å². The smallest absolute Gasteiger partial charge is 0.128 e. The molecule has 0 aliphatic carbocycles. The molecule has 2 unspecified atom stereocenters. The molecule has 0 saturated carbocycles. The van der Waals surface area contributed by atoms with Crippen molar-refractivity contribution in [3.63, 3.8) is 0 Å². The van der Waals surface area contributed by atoms with E-state index in [1.165, 1.54) is 6.07 Å². The number of nitrogens with zero attached hydrogens (tertiary/aromatic N) is 2. The Hall–Kier alpha value is -1.30. The van der Waals surface area contributed by atoms with E-state index < -0.39 is 0 Å². The van der Waals surface area contributed by atoms with Gasteiger partial charge in [0.25, 0.3) is 0 Å². The number of benzene rings is 1. The molecule has 2 atom stereocenters. The predicted molar refractivity (Wildman–Crippen MR) is 81.0 cm³/mol.